The summed E-state index contributed by atoms with van der Waals surface area (Å²) in [6.07, 6.45) is 6.41. The van der Waals surface area contributed by atoms with Crippen molar-refractivity contribution in [2.24, 2.45) is 0 Å². The summed E-state index contributed by atoms with van der Waals surface area (Å²) in [5.41, 5.74) is 2.16. The highest BCUT2D eigenvalue weighted by atomic mass is 35.5. The van der Waals surface area contributed by atoms with E-state index >= 15 is 0 Å². The first kappa shape index (κ1) is 13.7. The Morgan fingerprint density at radius 1 is 1.30 bits per heavy atom. The molecule has 3 nitrogen and oxygen atoms in total. The lowest BCUT2D eigenvalue weighted by atomic mass is 9.95. The van der Waals surface area contributed by atoms with Gasteiger partial charge in [0.15, 0.2) is 0 Å². The van der Waals surface area contributed by atoms with Gasteiger partial charge in [-0.1, -0.05) is 19.3 Å². The van der Waals surface area contributed by atoms with E-state index in [9.17, 15) is 0 Å². The van der Waals surface area contributed by atoms with Crippen LogP contribution in [-0.2, 0) is 0 Å². The third kappa shape index (κ3) is 2.39. The lowest BCUT2D eigenvalue weighted by molar-refractivity contribution is 0.352. The smallest absolute Gasteiger partial charge is 0.127 e. The molecule has 0 N–H and O–H groups in total. The van der Waals surface area contributed by atoms with E-state index in [-0.39, 0.29) is 5.38 Å². The summed E-state index contributed by atoms with van der Waals surface area (Å²) in [6.45, 7) is 2.00. The minimum Gasteiger partial charge on any atom is -0.497 e. The van der Waals surface area contributed by atoms with Crippen molar-refractivity contribution in [1.82, 2.24) is 9.55 Å². The summed E-state index contributed by atoms with van der Waals surface area (Å²) in [6, 6.07) is 6.65. The Balaban J connectivity index is 2.13. The molecule has 20 heavy (non-hydrogen) atoms. The predicted octanol–water partition coefficient (Wildman–Crippen LogP) is 4.85. The van der Waals surface area contributed by atoms with Gasteiger partial charge in [-0.15, -0.1) is 11.6 Å². The van der Waals surface area contributed by atoms with Crippen LogP contribution in [0.15, 0.2) is 18.2 Å². The van der Waals surface area contributed by atoms with Crippen LogP contribution in [0, 0.1) is 0 Å². The number of methoxy groups -OCH3 is 1. The molecule has 0 saturated heterocycles. The van der Waals surface area contributed by atoms with Crippen LogP contribution in [-0.4, -0.2) is 16.7 Å². The first-order chi connectivity index (χ1) is 9.70. The molecule has 108 valence electrons. The Hall–Kier alpha value is -1.22. The van der Waals surface area contributed by atoms with Gasteiger partial charge in [-0.2, -0.15) is 0 Å². The number of benzene rings is 1. The number of hydrogen-bond donors (Lipinski definition) is 0. The summed E-state index contributed by atoms with van der Waals surface area (Å²) in [4.78, 5) is 4.75. The third-order valence-corrected chi connectivity index (χ3v) is 4.41. The van der Waals surface area contributed by atoms with Crippen molar-refractivity contribution in [2.75, 3.05) is 7.11 Å². The molecule has 0 radical (unpaired) electrons. The molecule has 1 aliphatic rings. The molecule has 1 unspecified atom stereocenters. The summed E-state index contributed by atoms with van der Waals surface area (Å²) >= 11 is 6.36. The molecule has 0 bridgehead atoms. The second kappa shape index (κ2) is 5.65. The normalized spacial score (nSPS) is 18.4. The van der Waals surface area contributed by atoms with Crippen molar-refractivity contribution >= 4 is 22.6 Å². The van der Waals surface area contributed by atoms with Crippen LogP contribution in [0.1, 0.15) is 56.3 Å². The summed E-state index contributed by atoms with van der Waals surface area (Å²) in [5, 5.41) is -0.0738. The van der Waals surface area contributed by atoms with E-state index in [2.05, 4.69) is 10.6 Å². The van der Waals surface area contributed by atoms with Gasteiger partial charge in [0, 0.05) is 12.1 Å². The number of imidazole rings is 1. The van der Waals surface area contributed by atoms with E-state index in [1.807, 2.05) is 19.1 Å². The zero-order valence-electron chi connectivity index (χ0n) is 12.1. The largest absolute Gasteiger partial charge is 0.497 e. The molecule has 2 aromatic rings. The maximum Gasteiger partial charge on any atom is 0.127 e. The van der Waals surface area contributed by atoms with Crippen LogP contribution in [0.25, 0.3) is 11.0 Å². The van der Waals surface area contributed by atoms with Crippen molar-refractivity contribution in [1.29, 1.82) is 0 Å². The molecule has 1 aliphatic carbocycles. The molecule has 0 aliphatic heterocycles. The van der Waals surface area contributed by atoms with Gasteiger partial charge in [0.25, 0.3) is 0 Å². The van der Waals surface area contributed by atoms with Crippen molar-refractivity contribution < 1.29 is 4.74 Å². The zero-order valence-corrected chi connectivity index (χ0v) is 12.9. The Labute approximate surface area is 124 Å². The summed E-state index contributed by atoms with van der Waals surface area (Å²) < 4.78 is 7.66. The summed E-state index contributed by atoms with van der Waals surface area (Å²) in [7, 11) is 1.68. The average molecular weight is 293 g/mol. The molecule has 0 spiro atoms. The standard InChI is InChI=1S/C16H21ClN2O/c1-11(17)16-18-14-10-13(20-2)8-9-15(14)19(16)12-6-4-3-5-7-12/h8-12H,3-7H2,1-2H3. The van der Waals surface area contributed by atoms with Crippen LogP contribution in [0.5, 0.6) is 5.75 Å². The molecule has 1 heterocycles. The van der Waals surface area contributed by atoms with Crippen molar-refractivity contribution in [3.8, 4) is 5.75 Å². The molecule has 1 atom stereocenters. The Kier molecular flexibility index (Phi) is 3.88. The van der Waals surface area contributed by atoms with Gasteiger partial charge in [-0.25, -0.2) is 4.98 Å². The first-order valence-electron chi connectivity index (χ1n) is 7.40. The minimum atomic E-state index is -0.0738. The van der Waals surface area contributed by atoms with Gasteiger partial charge in [-0.3, -0.25) is 0 Å². The highest BCUT2D eigenvalue weighted by molar-refractivity contribution is 6.20. The number of rotatable bonds is 3. The number of ether oxygens (including phenoxy) is 1. The first-order valence-corrected chi connectivity index (χ1v) is 7.84. The van der Waals surface area contributed by atoms with Crippen molar-refractivity contribution in [3.05, 3.63) is 24.0 Å². The van der Waals surface area contributed by atoms with E-state index in [4.69, 9.17) is 21.3 Å². The fourth-order valence-corrected chi connectivity index (χ4v) is 3.38. The van der Waals surface area contributed by atoms with Gasteiger partial charge in [0.2, 0.25) is 0 Å². The van der Waals surface area contributed by atoms with E-state index in [0.717, 1.165) is 17.1 Å². The topological polar surface area (TPSA) is 27.1 Å². The van der Waals surface area contributed by atoms with Gasteiger partial charge in [-0.05, 0) is 31.9 Å². The van der Waals surface area contributed by atoms with Crippen LogP contribution in [0.2, 0.25) is 0 Å². The summed E-state index contributed by atoms with van der Waals surface area (Å²) in [5.74, 6) is 1.83. The highest BCUT2D eigenvalue weighted by Gasteiger charge is 2.23. The van der Waals surface area contributed by atoms with Gasteiger partial charge in [0.05, 0.1) is 23.5 Å². The minimum absolute atomic E-state index is 0.0738. The lowest BCUT2D eigenvalue weighted by Crippen LogP contribution is -2.15. The van der Waals surface area contributed by atoms with Crippen LogP contribution < -0.4 is 4.74 Å². The molecular formula is C16H21ClN2O. The Morgan fingerprint density at radius 3 is 2.70 bits per heavy atom. The lowest BCUT2D eigenvalue weighted by Gasteiger charge is -2.26. The fourth-order valence-electron chi connectivity index (χ4n) is 3.23. The number of nitrogens with zero attached hydrogens (tertiary/aromatic N) is 2. The molecule has 1 saturated carbocycles. The molecule has 3 rings (SSSR count). The number of halogens is 1. The number of alkyl halides is 1. The Bertz CT molecular complexity index is 600. The van der Waals surface area contributed by atoms with Gasteiger partial charge < -0.3 is 9.30 Å². The van der Waals surface area contributed by atoms with Crippen LogP contribution in [0.4, 0.5) is 0 Å². The van der Waals surface area contributed by atoms with E-state index in [0.29, 0.717) is 6.04 Å². The van der Waals surface area contributed by atoms with E-state index in [1.165, 1.54) is 37.6 Å². The predicted molar refractivity (Wildman–Crippen MR) is 82.7 cm³/mol. The van der Waals surface area contributed by atoms with Crippen molar-refractivity contribution in [2.45, 2.75) is 50.4 Å². The highest BCUT2D eigenvalue weighted by Crippen LogP contribution is 2.36. The third-order valence-electron chi connectivity index (χ3n) is 4.22. The molecule has 4 heteroatoms. The second-order valence-electron chi connectivity index (χ2n) is 5.60. The Morgan fingerprint density at radius 2 is 2.05 bits per heavy atom. The second-order valence-corrected chi connectivity index (χ2v) is 6.26. The molecule has 1 aromatic carbocycles. The molecule has 1 aromatic heterocycles. The number of fused-ring (bicyclic) bond motifs is 1. The maximum atomic E-state index is 6.36. The SMILES string of the molecule is COc1ccc2c(c1)nc(C(C)Cl)n2C1CCCCC1. The zero-order chi connectivity index (χ0) is 14.1. The number of hydrogen-bond acceptors (Lipinski definition) is 2. The van der Waals surface area contributed by atoms with E-state index < -0.39 is 0 Å². The quantitative estimate of drug-likeness (QED) is 0.756. The van der Waals surface area contributed by atoms with E-state index in [1.54, 1.807) is 7.11 Å². The average Bonchev–Trinajstić information content (AvgIpc) is 2.86. The molecular weight excluding hydrogens is 272 g/mol. The van der Waals surface area contributed by atoms with Gasteiger partial charge >= 0.3 is 0 Å². The van der Waals surface area contributed by atoms with Crippen LogP contribution in [0.3, 0.4) is 0 Å². The van der Waals surface area contributed by atoms with Crippen LogP contribution >= 0.6 is 11.6 Å². The fraction of sp³-hybridized carbons (Fsp3) is 0.562. The molecule has 1 fully saturated rings. The number of aromatic nitrogens is 2. The molecule has 0 amide bonds. The monoisotopic (exact) mass is 292 g/mol. The maximum absolute atomic E-state index is 6.36. The van der Waals surface area contributed by atoms with Gasteiger partial charge in [0.1, 0.15) is 11.6 Å². The van der Waals surface area contributed by atoms with Crippen molar-refractivity contribution in [3.63, 3.8) is 0 Å².